The van der Waals surface area contributed by atoms with Crippen molar-refractivity contribution in [2.75, 3.05) is 7.11 Å². The summed E-state index contributed by atoms with van der Waals surface area (Å²) < 4.78 is 5.40. The Labute approximate surface area is 98.3 Å². The van der Waals surface area contributed by atoms with Crippen LogP contribution in [-0.4, -0.2) is 12.2 Å². The molecule has 0 heterocycles. The fourth-order valence-corrected chi connectivity index (χ4v) is 2.29. The van der Waals surface area contributed by atoms with Gasteiger partial charge in [-0.1, -0.05) is 19.9 Å². The van der Waals surface area contributed by atoms with Gasteiger partial charge >= 0.3 is 0 Å². The molecule has 0 aromatic heterocycles. The Hall–Kier alpha value is -1.02. The van der Waals surface area contributed by atoms with Crippen molar-refractivity contribution in [2.45, 2.75) is 46.1 Å². The van der Waals surface area contributed by atoms with Gasteiger partial charge in [-0.3, -0.25) is 0 Å². The molecule has 0 amide bonds. The van der Waals surface area contributed by atoms with Crippen molar-refractivity contribution in [1.82, 2.24) is 0 Å². The third-order valence-electron chi connectivity index (χ3n) is 3.30. The predicted molar refractivity (Wildman–Crippen MR) is 66.9 cm³/mol. The highest BCUT2D eigenvalue weighted by molar-refractivity contribution is 5.46. The molecule has 0 aliphatic heterocycles. The molecular weight excluding hydrogens is 200 g/mol. The molecule has 0 saturated carbocycles. The van der Waals surface area contributed by atoms with Crippen LogP contribution >= 0.6 is 0 Å². The van der Waals surface area contributed by atoms with Crippen LogP contribution in [0.3, 0.4) is 0 Å². The molecule has 0 radical (unpaired) electrons. The molecule has 16 heavy (non-hydrogen) atoms. The summed E-state index contributed by atoms with van der Waals surface area (Å²) >= 11 is 0. The Kier molecular flexibility index (Phi) is 3.98. The van der Waals surface area contributed by atoms with Crippen LogP contribution in [0.1, 0.15) is 43.4 Å². The fraction of sp³-hybridized carbons (Fsp3) is 0.571. The average Bonchev–Trinajstić information content (AvgIpc) is 2.27. The first-order chi connectivity index (χ1) is 7.48. The van der Waals surface area contributed by atoms with Gasteiger partial charge in [0, 0.05) is 5.56 Å². The van der Waals surface area contributed by atoms with Gasteiger partial charge in [0.1, 0.15) is 5.75 Å². The fourth-order valence-electron chi connectivity index (χ4n) is 2.29. The maximum absolute atomic E-state index is 10.6. The first-order valence-electron chi connectivity index (χ1n) is 5.86. The lowest BCUT2D eigenvalue weighted by Crippen LogP contribution is -2.25. The number of methoxy groups -OCH3 is 1. The minimum atomic E-state index is -0.775. The number of hydrogen-bond acceptors (Lipinski definition) is 2. The Balaban J connectivity index is 3.41. The van der Waals surface area contributed by atoms with Crippen LogP contribution in [0.4, 0.5) is 0 Å². The van der Waals surface area contributed by atoms with Crippen LogP contribution in [0.5, 0.6) is 5.75 Å². The monoisotopic (exact) mass is 222 g/mol. The van der Waals surface area contributed by atoms with E-state index in [1.807, 2.05) is 33.8 Å². The lowest BCUT2D eigenvalue weighted by Gasteiger charge is -2.29. The maximum Gasteiger partial charge on any atom is 0.125 e. The third-order valence-corrected chi connectivity index (χ3v) is 3.30. The van der Waals surface area contributed by atoms with E-state index in [2.05, 4.69) is 6.07 Å². The quantitative estimate of drug-likeness (QED) is 0.846. The molecule has 2 nitrogen and oxygen atoms in total. The van der Waals surface area contributed by atoms with Gasteiger partial charge in [-0.25, -0.2) is 0 Å². The zero-order valence-corrected chi connectivity index (χ0v) is 10.9. The highest BCUT2D eigenvalue weighted by Crippen LogP contribution is 2.38. The molecule has 0 aliphatic rings. The summed E-state index contributed by atoms with van der Waals surface area (Å²) in [7, 11) is 1.66. The molecule has 0 atom stereocenters. The summed E-state index contributed by atoms with van der Waals surface area (Å²) in [6, 6.07) is 4.08. The second kappa shape index (κ2) is 4.88. The number of benzene rings is 1. The van der Waals surface area contributed by atoms with Crippen molar-refractivity contribution in [3.05, 3.63) is 28.8 Å². The molecule has 1 rings (SSSR count). The van der Waals surface area contributed by atoms with Crippen molar-refractivity contribution >= 4 is 0 Å². The highest BCUT2D eigenvalue weighted by Gasteiger charge is 2.30. The van der Waals surface area contributed by atoms with Crippen molar-refractivity contribution in [1.29, 1.82) is 0 Å². The smallest absolute Gasteiger partial charge is 0.125 e. The molecular formula is C14H22O2. The SMILES string of the molecule is CCC(O)(CC)c1c(C)cc(C)cc1OC. The Morgan fingerprint density at radius 1 is 1.19 bits per heavy atom. The van der Waals surface area contributed by atoms with Gasteiger partial charge in [0.15, 0.2) is 0 Å². The van der Waals surface area contributed by atoms with Crippen LogP contribution in [0, 0.1) is 13.8 Å². The van der Waals surface area contributed by atoms with Crippen molar-refractivity contribution in [2.24, 2.45) is 0 Å². The number of aliphatic hydroxyl groups is 1. The van der Waals surface area contributed by atoms with E-state index in [4.69, 9.17) is 4.74 Å². The van der Waals surface area contributed by atoms with Crippen molar-refractivity contribution < 1.29 is 9.84 Å². The molecule has 1 N–H and O–H groups in total. The second-order valence-electron chi connectivity index (χ2n) is 4.40. The molecule has 0 spiro atoms. The molecule has 90 valence electrons. The minimum Gasteiger partial charge on any atom is -0.496 e. The molecule has 2 heteroatoms. The van der Waals surface area contributed by atoms with E-state index in [0.717, 1.165) is 22.4 Å². The molecule has 1 aromatic carbocycles. The maximum atomic E-state index is 10.6. The largest absolute Gasteiger partial charge is 0.496 e. The van der Waals surface area contributed by atoms with E-state index in [0.29, 0.717) is 12.8 Å². The van der Waals surface area contributed by atoms with Gasteiger partial charge in [-0.15, -0.1) is 0 Å². The number of rotatable bonds is 4. The first-order valence-corrected chi connectivity index (χ1v) is 5.86. The van der Waals surface area contributed by atoms with Crippen LogP contribution in [-0.2, 0) is 5.60 Å². The van der Waals surface area contributed by atoms with E-state index in [1.165, 1.54) is 0 Å². The summed E-state index contributed by atoms with van der Waals surface area (Å²) in [4.78, 5) is 0. The van der Waals surface area contributed by atoms with E-state index >= 15 is 0 Å². The van der Waals surface area contributed by atoms with E-state index in [9.17, 15) is 5.11 Å². The van der Waals surface area contributed by atoms with E-state index < -0.39 is 5.60 Å². The molecule has 0 unspecified atom stereocenters. The molecule has 0 fully saturated rings. The zero-order chi connectivity index (χ0) is 12.3. The van der Waals surface area contributed by atoms with Crippen molar-refractivity contribution in [3.63, 3.8) is 0 Å². The summed E-state index contributed by atoms with van der Waals surface area (Å²) in [5.74, 6) is 0.795. The topological polar surface area (TPSA) is 29.5 Å². The van der Waals surface area contributed by atoms with Crippen LogP contribution in [0.15, 0.2) is 12.1 Å². The van der Waals surface area contributed by atoms with E-state index in [1.54, 1.807) is 7.11 Å². The van der Waals surface area contributed by atoms with Crippen LogP contribution in [0.2, 0.25) is 0 Å². The normalized spacial score (nSPS) is 11.6. The van der Waals surface area contributed by atoms with E-state index in [-0.39, 0.29) is 0 Å². The lowest BCUT2D eigenvalue weighted by atomic mass is 9.84. The van der Waals surface area contributed by atoms with Crippen molar-refractivity contribution in [3.8, 4) is 5.75 Å². The average molecular weight is 222 g/mol. The first kappa shape index (κ1) is 13.0. The summed E-state index contributed by atoms with van der Waals surface area (Å²) in [5.41, 5.74) is 2.42. The summed E-state index contributed by atoms with van der Waals surface area (Å²) in [6.45, 7) is 8.07. The molecule has 0 saturated heterocycles. The zero-order valence-electron chi connectivity index (χ0n) is 10.9. The summed E-state index contributed by atoms with van der Waals surface area (Å²) in [6.07, 6.45) is 1.40. The third kappa shape index (κ3) is 2.22. The van der Waals surface area contributed by atoms with Gasteiger partial charge in [-0.2, -0.15) is 0 Å². The van der Waals surface area contributed by atoms with Crippen LogP contribution in [0.25, 0.3) is 0 Å². The van der Waals surface area contributed by atoms with Gasteiger partial charge < -0.3 is 9.84 Å². The Morgan fingerprint density at radius 2 is 1.75 bits per heavy atom. The van der Waals surface area contributed by atoms with Gasteiger partial charge in [-0.05, 0) is 43.9 Å². The second-order valence-corrected chi connectivity index (χ2v) is 4.40. The van der Waals surface area contributed by atoms with Gasteiger partial charge in [0.05, 0.1) is 12.7 Å². The number of hydrogen-bond donors (Lipinski definition) is 1. The standard InChI is InChI=1S/C14H22O2/c1-6-14(15,7-2)13-11(4)8-10(3)9-12(13)16-5/h8-9,15H,6-7H2,1-5H3. The Morgan fingerprint density at radius 3 is 2.19 bits per heavy atom. The highest BCUT2D eigenvalue weighted by atomic mass is 16.5. The minimum absolute atomic E-state index is 0.698. The lowest BCUT2D eigenvalue weighted by molar-refractivity contribution is 0.0254. The molecule has 0 bridgehead atoms. The van der Waals surface area contributed by atoms with Crippen LogP contribution < -0.4 is 4.74 Å². The number of aryl methyl sites for hydroxylation is 2. The van der Waals surface area contributed by atoms with Gasteiger partial charge in [0.2, 0.25) is 0 Å². The summed E-state index contributed by atoms with van der Waals surface area (Å²) in [5, 5.41) is 10.6. The van der Waals surface area contributed by atoms with Gasteiger partial charge in [0.25, 0.3) is 0 Å². The number of ether oxygens (including phenoxy) is 1. The predicted octanol–water partition coefficient (Wildman–Crippen LogP) is 3.32. The molecule has 0 aliphatic carbocycles. The molecule has 1 aromatic rings. The Bertz CT molecular complexity index is 365.